The van der Waals surface area contributed by atoms with Crippen LogP contribution in [0.25, 0.3) is 21.6 Å². The first-order valence-corrected chi connectivity index (χ1v) is 13.6. The number of aryl methyl sites for hydroxylation is 1. The van der Waals surface area contributed by atoms with E-state index >= 15 is 0 Å². The van der Waals surface area contributed by atoms with E-state index in [2.05, 4.69) is 25.9 Å². The van der Waals surface area contributed by atoms with Crippen molar-refractivity contribution in [1.82, 2.24) is 14.4 Å². The number of carbonyl (C=O) groups excluding carboxylic acids is 2. The summed E-state index contributed by atoms with van der Waals surface area (Å²) in [6.07, 6.45) is 1.72. The molecule has 6 rings (SSSR count). The third kappa shape index (κ3) is 3.90. The minimum absolute atomic E-state index is 0.120. The van der Waals surface area contributed by atoms with E-state index in [1.165, 1.54) is 29.4 Å². The minimum Gasteiger partial charge on any atom is -0.505 e. The van der Waals surface area contributed by atoms with Crippen LogP contribution in [0.2, 0.25) is 0 Å². The lowest BCUT2D eigenvalue weighted by Gasteiger charge is -2.24. The Hall–Kier alpha value is -4.42. The molecule has 1 atom stereocenters. The molecule has 1 saturated heterocycles. The van der Waals surface area contributed by atoms with Crippen LogP contribution in [0, 0.1) is 6.92 Å². The molecule has 2 N–H and O–H groups in total. The van der Waals surface area contributed by atoms with Crippen molar-refractivity contribution in [3.63, 3.8) is 0 Å². The van der Waals surface area contributed by atoms with Gasteiger partial charge in [-0.1, -0.05) is 17.4 Å². The van der Waals surface area contributed by atoms with Crippen molar-refractivity contribution in [2.24, 2.45) is 0 Å². The number of aromatic nitrogens is 3. The lowest BCUT2D eigenvalue weighted by atomic mass is 9.96. The van der Waals surface area contributed by atoms with Crippen LogP contribution in [0.3, 0.4) is 0 Å². The highest BCUT2D eigenvalue weighted by Crippen LogP contribution is 2.47. The number of phenolic OH excluding ortho intramolecular Hbond substituents is 1. The first-order valence-electron chi connectivity index (χ1n) is 12.0. The number of thiazole rings is 1. The molecule has 0 saturated carbocycles. The van der Waals surface area contributed by atoms with Gasteiger partial charge in [0.05, 0.1) is 46.2 Å². The Kier molecular flexibility index (Phi) is 6.23. The molecule has 3 aromatic heterocycles. The number of nitrogens with zero attached hydrogens (tertiary/aromatic N) is 4. The number of benzene rings is 2. The summed E-state index contributed by atoms with van der Waals surface area (Å²) in [5, 5.41) is 22.4. The van der Waals surface area contributed by atoms with Crippen molar-refractivity contribution >= 4 is 65.7 Å². The highest BCUT2D eigenvalue weighted by Gasteiger charge is 2.49. The summed E-state index contributed by atoms with van der Waals surface area (Å²) in [6, 6.07) is 12.7. The van der Waals surface area contributed by atoms with Crippen LogP contribution in [0.15, 0.2) is 64.8 Å². The molecule has 1 fully saturated rings. The Labute approximate surface area is 239 Å². The smallest absolute Gasteiger partial charge is 0.301 e. The number of pyridine rings is 1. The maximum absolute atomic E-state index is 13.7. The predicted octanol–water partition coefficient (Wildman–Crippen LogP) is 5.36. The number of phenols is 1. The molecule has 40 heavy (non-hydrogen) atoms. The first-order chi connectivity index (χ1) is 19.2. The summed E-state index contributed by atoms with van der Waals surface area (Å²) < 4.78 is 13.4. The third-order valence-electron chi connectivity index (χ3n) is 6.75. The van der Waals surface area contributed by atoms with Gasteiger partial charge in [0.1, 0.15) is 17.1 Å². The van der Waals surface area contributed by atoms with Crippen LogP contribution >= 0.6 is 27.3 Å². The number of aliphatic hydroxyl groups is 1. The zero-order chi connectivity index (χ0) is 28.3. The van der Waals surface area contributed by atoms with E-state index in [9.17, 15) is 19.8 Å². The molecule has 4 heterocycles. The Morgan fingerprint density at radius 3 is 2.62 bits per heavy atom. The lowest BCUT2D eigenvalue weighted by molar-refractivity contribution is -0.132. The van der Waals surface area contributed by atoms with Gasteiger partial charge in [-0.3, -0.25) is 18.9 Å². The number of imidazole rings is 1. The number of hydrogen-bond donors (Lipinski definition) is 2. The number of anilines is 1. The van der Waals surface area contributed by atoms with Crippen molar-refractivity contribution in [2.75, 3.05) is 19.1 Å². The summed E-state index contributed by atoms with van der Waals surface area (Å²) in [4.78, 5) is 37.8. The first kappa shape index (κ1) is 25.8. The molecule has 202 valence electrons. The molecular formula is C28H21BrN4O6S. The molecule has 0 aliphatic carbocycles. The Morgan fingerprint density at radius 1 is 1.07 bits per heavy atom. The van der Waals surface area contributed by atoms with E-state index in [1.54, 1.807) is 61.0 Å². The van der Waals surface area contributed by atoms with E-state index in [0.717, 1.165) is 4.70 Å². The number of ketones is 1. The molecular weight excluding hydrogens is 600 g/mol. The minimum atomic E-state index is -1.10. The van der Waals surface area contributed by atoms with Gasteiger partial charge in [-0.05, 0) is 70.9 Å². The fourth-order valence-corrected chi connectivity index (χ4v) is 6.38. The zero-order valence-corrected chi connectivity index (χ0v) is 23.8. The van der Waals surface area contributed by atoms with Gasteiger partial charge in [-0.15, -0.1) is 0 Å². The molecule has 0 radical (unpaired) electrons. The van der Waals surface area contributed by atoms with Crippen molar-refractivity contribution in [1.29, 1.82) is 0 Å². The van der Waals surface area contributed by atoms with Gasteiger partial charge in [0.15, 0.2) is 22.4 Å². The van der Waals surface area contributed by atoms with Gasteiger partial charge in [-0.2, -0.15) is 0 Å². The largest absolute Gasteiger partial charge is 0.505 e. The molecule has 2 aromatic carbocycles. The SMILES string of the molecule is COc1ccc2nc(N3C(=O)C(=O)C(=C(O)c4c(C)nc5ccccn45)C3c3cc(Br)c(O)c(OC)c3)sc2c1. The van der Waals surface area contributed by atoms with E-state index in [0.29, 0.717) is 28.2 Å². The number of aliphatic hydroxyl groups excluding tert-OH is 1. The Balaban J connectivity index is 1.63. The summed E-state index contributed by atoms with van der Waals surface area (Å²) in [5.74, 6) is -1.52. The van der Waals surface area contributed by atoms with Crippen molar-refractivity contribution in [2.45, 2.75) is 13.0 Å². The van der Waals surface area contributed by atoms with Gasteiger partial charge < -0.3 is 19.7 Å². The molecule has 5 aromatic rings. The average molecular weight is 621 g/mol. The summed E-state index contributed by atoms with van der Waals surface area (Å²) in [5.41, 5.74) is 2.22. The van der Waals surface area contributed by atoms with Crippen LogP contribution in [-0.4, -0.2) is 50.5 Å². The number of amides is 1. The highest BCUT2D eigenvalue weighted by molar-refractivity contribution is 9.10. The number of fused-ring (bicyclic) bond motifs is 2. The number of hydrogen-bond acceptors (Lipinski definition) is 9. The molecule has 1 aliphatic rings. The number of Topliss-reactive ketones (excluding diaryl/α,β-unsaturated/α-hetero) is 1. The monoisotopic (exact) mass is 620 g/mol. The topological polar surface area (TPSA) is 126 Å². The van der Waals surface area contributed by atoms with Crippen molar-refractivity contribution < 1.29 is 29.3 Å². The predicted molar refractivity (Wildman–Crippen MR) is 153 cm³/mol. The van der Waals surface area contributed by atoms with Crippen LogP contribution < -0.4 is 14.4 Å². The maximum Gasteiger partial charge on any atom is 0.301 e. The summed E-state index contributed by atoms with van der Waals surface area (Å²) in [7, 11) is 2.95. The summed E-state index contributed by atoms with van der Waals surface area (Å²) in [6.45, 7) is 1.72. The number of carbonyl (C=O) groups is 2. The Morgan fingerprint density at radius 2 is 1.88 bits per heavy atom. The van der Waals surface area contributed by atoms with Crippen molar-refractivity contribution in [3.05, 3.63) is 81.7 Å². The van der Waals surface area contributed by atoms with Gasteiger partial charge in [0, 0.05) is 6.20 Å². The van der Waals surface area contributed by atoms with Crippen LogP contribution in [-0.2, 0) is 9.59 Å². The number of ether oxygens (including phenoxy) is 2. The third-order valence-corrected chi connectivity index (χ3v) is 8.37. The lowest BCUT2D eigenvalue weighted by Crippen LogP contribution is -2.29. The van der Waals surface area contributed by atoms with E-state index < -0.39 is 17.7 Å². The fraction of sp³-hybridized carbons (Fsp3) is 0.143. The molecule has 1 amide bonds. The molecule has 10 nitrogen and oxygen atoms in total. The van der Waals surface area contributed by atoms with Crippen LogP contribution in [0.1, 0.15) is 23.0 Å². The quantitative estimate of drug-likeness (QED) is 0.153. The molecule has 1 unspecified atom stereocenters. The van der Waals surface area contributed by atoms with E-state index in [1.807, 2.05) is 6.07 Å². The number of halogens is 1. The maximum atomic E-state index is 13.7. The standard InChI is InChI=1S/C28H21BrN4O6S/c1-13-22(32-9-5-4-6-20(32)30-13)25(35)21-23(14-10-16(29)24(34)18(11-14)39-3)33(27(37)26(21)36)28-31-17-8-7-15(38-2)12-19(17)40-28/h4-12,23,34-35H,1-3H3. The number of methoxy groups -OCH3 is 2. The van der Waals surface area contributed by atoms with Gasteiger partial charge >= 0.3 is 5.91 Å². The van der Waals surface area contributed by atoms with Crippen molar-refractivity contribution in [3.8, 4) is 17.2 Å². The van der Waals surface area contributed by atoms with Gasteiger partial charge in [0.2, 0.25) is 0 Å². The second-order valence-electron chi connectivity index (χ2n) is 9.03. The molecule has 12 heteroatoms. The molecule has 0 bridgehead atoms. The van der Waals surface area contributed by atoms with Gasteiger partial charge in [-0.25, -0.2) is 9.97 Å². The van der Waals surface area contributed by atoms with Crippen LogP contribution in [0.5, 0.6) is 17.2 Å². The van der Waals surface area contributed by atoms with E-state index in [-0.39, 0.29) is 38.1 Å². The second-order valence-corrected chi connectivity index (χ2v) is 10.9. The normalized spacial score (nSPS) is 16.8. The average Bonchev–Trinajstić information content (AvgIpc) is 3.60. The van der Waals surface area contributed by atoms with E-state index in [4.69, 9.17) is 9.47 Å². The van der Waals surface area contributed by atoms with Crippen LogP contribution in [0.4, 0.5) is 5.13 Å². The highest BCUT2D eigenvalue weighted by atomic mass is 79.9. The fourth-order valence-electron chi connectivity index (χ4n) is 4.90. The number of rotatable bonds is 5. The van der Waals surface area contributed by atoms with Gasteiger partial charge in [0.25, 0.3) is 5.78 Å². The molecule has 1 aliphatic heterocycles. The number of aromatic hydroxyl groups is 1. The summed E-state index contributed by atoms with van der Waals surface area (Å²) >= 11 is 4.55. The molecule has 0 spiro atoms. The second kappa shape index (κ2) is 9.65. The Bertz CT molecular complexity index is 1890. The zero-order valence-electron chi connectivity index (χ0n) is 21.4.